The van der Waals surface area contributed by atoms with Crippen LogP contribution in [0.15, 0.2) is 42.6 Å². The predicted octanol–water partition coefficient (Wildman–Crippen LogP) is 1.63. The molecule has 0 unspecified atom stereocenters. The maximum atomic E-state index is 12.3. The van der Waals surface area contributed by atoms with E-state index < -0.39 is 0 Å². The highest BCUT2D eigenvalue weighted by molar-refractivity contribution is 5.73. The molecule has 2 aliphatic heterocycles. The lowest BCUT2D eigenvalue weighted by atomic mass is 10.2. The van der Waals surface area contributed by atoms with E-state index in [-0.39, 0.29) is 6.03 Å². The van der Waals surface area contributed by atoms with Crippen LogP contribution in [0.1, 0.15) is 11.1 Å². The van der Waals surface area contributed by atoms with Crippen LogP contribution in [0.4, 0.5) is 10.6 Å². The van der Waals surface area contributed by atoms with E-state index in [1.165, 1.54) is 0 Å². The fourth-order valence-electron chi connectivity index (χ4n) is 3.83. The summed E-state index contributed by atoms with van der Waals surface area (Å²) in [5.74, 6) is 1.74. The zero-order valence-electron chi connectivity index (χ0n) is 19.0. The molecule has 0 aliphatic carbocycles. The number of nitrogens with one attached hydrogen (secondary N) is 2. The Balaban J connectivity index is 1.18. The van der Waals surface area contributed by atoms with Gasteiger partial charge in [-0.05, 0) is 35.4 Å². The Morgan fingerprint density at radius 2 is 1.64 bits per heavy atom. The van der Waals surface area contributed by atoms with E-state index in [0.717, 1.165) is 68.6 Å². The molecule has 33 heavy (non-hydrogen) atoms. The Kier molecular flexibility index (Phi) is 8.74. The number of urea groups is 1. The minimum absolute atomic E-state index is 0.210. The fraction of sp³-hybridized carbons (Fsp3) is 0.500. The van der Waals surface area contributed by atoms with Gasteiger partial charge in [0.1, 0.15) is 18.2 Å². The lowest BCUT2D eigenvalue weighted by Gasteiger charge is -2.28. The molecule has 2 fully saturated rings. The molecule has 4 rings (SSSR count). The van der Waals surface area contributed by atoms with Crippen molar-refractivity contribution in [2.75, 3.05) is 70.7 Å². The molecule has 9 heteroatoms. The van der Waals surface area contributed by atoms with Crippen LogP contribution in [0.5, 0.6) is 5.75 Å². The van der Waals surface area contributed by atoms with Crippen molar-refractivity contribution in [1.29, 1.82) is 0 Å². The number of benzene rings is 1. The first-order valence-electron chi connectivity index (χ1n) is 11.6. The summed E-state index contributed by atoms with van der Waals surface area (Å²) in [6, 6.07) is 11.6. The smallest absolute Gasteiger partial charge is 0.315 e. The van der Waals surface area contributed by atoms with Gasteiger partial charge in [-0.2, -0.15) is 0 Å². The SMILES string of the molecule is O=C(NCc1cccc(OCCN2CCOCC2)c1)NCc1ccnc(N2CCOCC2)c1. The summed E-state index contributed by atoms with van der Waals surface area (Å²) in [5, 5.41) is 5.83. The van der Waals surface area contributed by atoms with Gasteiger partial charge in [-0.1, -0.05) is 12.1 Å². The summed E-state index contributed by atoms with van der Waals surface area (Å²) in [6.07, 6.45) is 1.78. The number of pyridine rings is 1. The van der Waals surface area contributed by atoms with Gasteiger partial charge in [0, 0.05) is 52.0 Å². The van der Waals surface area contributed by atoms with Gasteiger partial charge in [-0.15, -0.1) is 0 Å². The number of carbonyl (C=O) groups is 1. The Morgan fingerprint density at radius 3 is 2.39 bits per heavy atom. The summed E-state index contributed by atoms with van der Waals surface area (Å²) in [4.78, 5) is 21.3. The zero-order valence-corrected chi connectivity index (χ0v) is 19.0. The van der Waals surface area contributed by atoms with Crippen molar-refractivity contribution >= 4 is 11.8 Å². The summed E-state index contributed by atoms with van der Waals surface area (Å²) < 4.78 is 16.7. The Morgan fingerprint density at radius 1 is 0.939 bits per heavy atom. The summed E-state index contributed by atoms with van der Waals surface area (Å²) >= 11 is 0. The fourth-order valence-corrected chi connectivity index (χ4v) is 3.83. The van der Waals surface area contributed by atoms with Crippen LogP contribution in [0.2, 0.25) is 0 Å². The van der Waals surface area contributed by atoms with Crippen LogP contribution in [-0.4, -0.2) is 81.7 Å². The van der Waals surface area contributed by atoms with Crippen molar-refractivity contribution in [2.24, 2.45) is 0 Å². The highest BCUT2D eigenvalue weighted by Gasteiger charge is 2.13. The van der Waals surface area contributed by atoms with E-state index in [4.69, 9.17) is 14.2 Å². The third-order valence-corrected chi connectivity index (χ3v) is 5.73. The predicted molar refractivity (Wildman–Crippen MR) is 126 cm³/mol. The van der Waals surface area contributed by atoms with Gasteiger partial charge in [0.2, 0.25) is 0 Å². The Hall–Kier alpha value is -2.88. The topological polar surface area (TPSA) is 88.2 Å². The van der Waals surface area contributed by atoms with Crippen molar-refractivity contribution in [3.63, 3.8) is 0 Å². The lowest BCUT2D eigenvalue weighted by Crippen LogP contribution is -2.38. The monoisotopic (exact) mass is 455 g/mol. The second-order valence-corrected chi connectivity index (χ2v) is 8.11. The Bertz CT molecular complexity index is 885. The normalized spacial score (nSPS) is 16.9. The Labute approximate surface area is 195 Å². The number of rotatable bonds is 9. The number of ether oxygens (including phenoxy) is 3. The highest BCUT2D eigenvalue weighted by Crippen LogP contribution is 2.15. The first-order chi connectivity index (χ1) is 16.3. The van der Waals surface area contributed by atoms with E-state index in [9.17, 15) is 4.79 Å². The highest BCUT2D eigenvalue weighted by atomic mass is 16.5. The first-order valence-corrected chi connectivity index (χ1v) is 11.6. The van der Waals surface area contributed by atoms with Gasteiger partial charge in [-0.3, -0.25) is 4.90 Å². The largest absolute Gasteiger partial charge is 0.492 e. The second-order valence-electron chi connectivity index (χ2n) is 8.11. The molecular weight excluding hydrogens is 422 g/mol. The van der Waals surface area contributed by atoms with Crippen LogP contribution in [0.3, 0.4) is 0 Å². The molecule has 2 saturated heterocycles. The van der Waals surface area contributed by atoms with Gasteiger partial charge >= 0.3 is 6.03 Å². The van der Waals surface area contributed by atoms with Crippen LogP contribution in [0, 0.1) is 0 Å². The molecule has 1 aromatic carbocycles. The van der Waals surface area contributed by atoms with Crippen molar-refractivity contribution in [1.82, 2.24) is 20.5 Å². The summed E-state index contributed by atoms with van der Waals surface area (Å²) in [6.45, 7) is 8.98. The number of anilines is 1. The number of amides is 2. The number of hydrogen-bond acceptors (Lipinski definition) is 7. The maximum Gasteiger partial charge on any atom is 0.315 e. The van der Waals surface area contributed by atoms with Gasteiger partial charge in [-0.25, -0.2) is 9.78 Å². The molecule has 2 aromatic rings. The van der Waals surface area contributed by atoms with Gasteiger partial charge in [0.15, 0.2) is 0 Å². The molecule has 1 aromatic heterocycles. The summed E-state index contributed by atoms with van der Waals surface area (Å²) in [7, 11) is 0. The zero-order chi connectivity index (χ0) is 22.7. The standard InChI is InChI=1S/C24H33N5O4/c30-24(27-19-21-4-5-25-23(17-21)29-9-13-32-14-10-29)26-18-20-2-1-3-22(16-20)33-15-8-28-6-11-31-12-7-28/h1-5,16-17H,6-15,18-19H2,(H2,26,27,30). The van der Waals surface area contributed by atoms with E-state index in [1.807, 2.05) is 36.4 Å². The van der Waals surface area contributed by atoms with E-state index in [1.54, 1.807) is 6.20 Å². The van der Waals surface area contributed by atoms with Gasteiger partial charge in [0.25, 0.3) is 0 Å². The van der Waals surface area contributed by atoms with Crippen LogP contribution in [0.25, 0.3) is 0 Å². The molecule has 3 heterocycles. The summed E-state index contributed by atoms with van der Waals surface area (Å²) in [5.41, 5.74) is 2.00. The molecule has 0 atom stereocenters. The molecule has 0 saturated carbocycles. The molecule has 178 valence electrons. The van der Waals surface area contributed by atoms with Crippen LogP contribution >= 0.6 is 0 Å². The molecule has 2 amide bonds. The maximum absolute atomic E-state index is 12.3. The second kappa shape index (κ2) is 12.4. The average molecular weight is 456 g/mol. The molecule has 0 bridgehead atoms. The van der Waals surface area contributed by atoms with Crippen molar-refractivity contribution in [3.05, 3.63) is 53.7 Å². The van der Waals surface area contributed by atoms with E-state index >= 15 is 0 Å². The molecule has 2 N–H and O–H groups in total. The number of aromatic nitrogens is 1. The average Bonchev–Trinajstić information content (AvgIpc) is 2.88. The third-order valence-electron chi connectivity index (χ3n) is 5.73. The molecule has 2 aliphatic rings. The number of carbonyl (C=O) groups excluding carboxylic acids is 1. The molecular formula is C24H33N5O4. The molecule has 0 spiro atoms. The van der Waals surface area contributed by atoms with E-state index in [0.29, 0.717) is 32.9 Å². The van der Waals surface area contributed by atoms with E-state index in [2.05, 4.69) is 25.4 Å². The number of nitrogens with zero attached hydrogens (tertiary/aromatic N) is 3. The van der Waals surface area contributed by atoms with Crippen molar-refractivity contribution in [2.45, 2.75) is 13.1 Å². The van der Waals surface area contributed by atoms with Gasteiger partial charge < -0.3 is 29.7 Å². The third kappa shape index (κ3) is 7.59. The van der Waals surface area contributed by atoms with Crippen molar-refractivity contribution < 1.29 is 19.0 Å². The molecule has 9 nitrogen and oxygen atoms in total. The number of hydrogen-bond donors (Lipinski definition) is 2. The van der Waals surface area contributed by atoms with Gasteiger partial charge in [0.05, 0.1) is 26.4 Å². The van der Waals surface area contributed by atoms with Crippen molar-refractivity contribution in [3.8, 4) is 5.75 Å². The molecule has 0 radical (unpaired) electrons. The number of morpholine rings is 2. The lowest BCUT2D eigenvalue weighted by molar-refractivity contribution is 0.0322. The van der Waals surface area contributed by atoms with Crippen LogP contribution < -0.4 is 20.3 Å². The quantitative estimate of drug-likeness (QED) is 0.594. The minimum atomic E-state index is -0.210. The minimum Gasteiger partial charge on any atom is -0.492 e. The van der Waals surface area contributed by atoms with Crippen LogP contribution in [-0.2, 0) is 22.6 Å². The first kappa shape index (κ1) is 23.3.